The molecule has 0 aliphatic rings. The summed E-state index contributed by atoms with van der Waals surface area (Å²) in [7, 11) is 0. The van der Waals surface area contributed by atoms with Crippen LogP contribution in [0.25, 0.3) is 0 Å². The third kappa shape index (κ3) is 4.32. The van der Waals surface area contributed by atoms with Gasteiger partial charge in [0.25, 0.3) is 0 Å². The van der Waals surface area contributed by atoms with Gasteiger partial charge >= 0.3 is 5.97 Å². The normalized spacial score (nSPS) is 11.5. The molecule has 0 atom stereocenters. The Hall–Kier alpha value is -1.13. The second kappa shape index (κ2) is 6.57. The van der Waals surface area contributed by atoms with Gasteiger partial charge in [0.15, 0.2) is 0 Å². The van der Waals surface area contributed by atoms with E-state index in [1.54, 1.807) is 18.2 Å². The molecule has 0 bridgehead atoms. The second-order valence-electron chi connectivity index (χ2n) is 3.38. The number of carboxylic acid groups (broad SMARTS) is 1. The molecule has 17 heavy (non-hydrogen) atoms. The van der Waals surface area contributed by atoms with Crippen molar-refractivity contribution in [2.45, 2.75) is 18.2 Å². The van der Waals surface area contributed by atoms with Crippen molar-refractivity contribution in [2.24, 2.45) is 0 Å². The molecule has 0 amide bonds. The van der Waals surface area contributed by atoms with Gasteiger partial charge in [0.05, 0.1) is 0 Å². The van der Waals surface area contributed by atoms with Crippen LogP contribution >= 0.6 is 23.4 Å². The number of rotatable bonds is 5. The number of nitrogens with two attached hydrogens (primary N) is 1. The minimum absolute atomic E-state index is 0.421. The molecule has 0 aliphatic carbocycles. The van der Waals surface area contributed by atoms with Crippen LogP contribution in [0.3, 0.4) is 0 Å². The second-order valence-corrected chi connectivity index (χ2v) is 4.88. The SMILES string of the molecule is CCC(=CCSc1ccc(Cl)cc1N)C(=O)O. The third-order valence-corrected chi connectivity index (χ3v) is 3.45. The summed E-state index contributed by atoms with van der Waals surface area (Å²) in [6.07, 6.45) is 2.23. The highest BCUT2D eigenvalue weighted by Gasteiger charge is 2.04. The van der Waals surface area contributed by atoms with Crippen molar-refractivity contribution in [2.75, 3.05) is 11.5 Å². The Morgan fingerprint density at radius 3 is 2.82 bits per heavy atom. The Labute approximate surface area is 110 Å². The van der Waals surface area contributed by atoms with E-state index in [1.165, 1.54) is 11.8 Å². The zero-order valence-electron chi connectivity index (χ0n) is 9.44. The van der Waals surface area contributed by atoms with Crippen LogP contribution in [0.15, 0.2) is 34.7 Å². The van der Waals surface area contributed by atoms with E-state index in [-0.39, 0.29) is 0 Å². The first-order valence-electron chi connectivity index (χ1n) is 5.14. The molecule has 0 spiro atoms. The van der Waals surface area contributed by atoms with Gasteiger partial charge in [0.1, 0.15) is 0 Å². The monoisotopic (exact) mass is 271 g/mol. The maximum Gasteiger partial charge on any atom is 0.331 e. The fourth-order valence-electron chi connectivity index (χ4n) is 1.27. The molecule has 0 heterocycles. The number of anilines is 1. The standard InChI is InChI=1S/C12H14ClNO2S/c1-2-8(12(15)16)5-6-17-11-4-3-9(13)7-10(11)14/h3-5,7H,2,6,14H2,1H3,(H,15,16). The van der Waals surface area contributed by atoms with E-state index in [1.807, 2.05) is 13.0 Å². The summed E-state index contributed by atoms with van der Waals surface area (Å²) >= 11 is 7.28. The quantitative estimate of drug-likeness (QED) is 0.489. The van der Waals surface area contributed by atoms with E-state index in [2.05, 4.69) is 0 Å². The first kappa shape index (κ1) is 13.9. The number of halogens is 1. The summed E-state index contributed by atoms with van der Waals surface area (Å²) in [6.45, 7) is 1.82. The minimum Gasteiger partial charge on any atom is -0.478 e. The molecule has 0 aromatic heterocycles. The number of benzene rings is 1. The van der Waals surface area contributed by atoms with Crippen molar-refractivity contribution in [1.29, 1.82) is 0 Å². The fourth-order valence-corrected chi connectivity index (χ4v) is 2.30. The zero-order valence-corrected chi connectivity index (χ0v) is 11.0. The molecular weight excluding hydrogens is 258 g/mol. The van der Waals surface area contributed by atoms with E-state index < -0.39 is 5.97 Å². The highest BCUT2D eigenvalue weighted by atomic mass is 35.5. The lowest BCUT2D eigenvalue weighted by molar-refractivity contribution is -0.132. The lowest BCUT2D eigenvalue weighted by Gasteiger charge is -2.04. The van der Waals surface area contributed by atoms with Crippen molar-refractivity contribution >= 4 is 35.0 Å². The maximum absolute atomic E-state index is 10.8. The van der Waals surface area contributed by atoms with Gasteiger partial charge in [-0.25, -0.2) is 4.79 Å². The number of aliphatic carboxylic acids is 1. The van der Waals surface area contributed by atoms with Crippen molar-refractivity contribution in [3.63, 3.8) is 0 Å². The minimum atomic E-state index is -0.864. The summed E-state index contributed by atoms with van der Waals surface area (Å²) in [5, 5.41) is 9.44. The van der Waals surface area contributed by atoms with Crippen molar-refractivity contribution in [3.05, 3.63) is 34.9 Å². The number of carbonyl (C=O) groups is 1. The molecule has 3 nitrogen and oxygen atoms in total. The molecule has 1 aromatic rings. The molecule has 5 heteroatoms. The summed E-state index contributed by atoms with van der Waals surface area (Å²) in [4.78, 5) is 11.7. The van der Waals surface area contributed by atoms with Crippen LogP contribution in [0.1, 0.15) is 13.3 Å². The van der Waals surface area contributed by atoms with Crippen molar-refractivity contribution < 1.29 is 9.90 Å². The molecule has 0 unspecified atom stereocenters. The van der Waals surface area contributed by atoms with E-state index in [0.29, 0.717) is 28.5 Å². The molecule has 0 saturated carbocycles. The molecule has 0 saturated heterocycles. The summed E-state index contributed by atoms with van der Waals surface area (Å²) in [6, 6.07) is 5.29. The van der Waals surface area contributed by atoms with Gasteiger partial charge in [-0.1, -0.05) is 24.6 Å². The molecule has 1 rings (SSSR count). The van der Waals surface area contributed by atoms with Gasteiger partial charge in [-0.05, 0) is 24.6 Å². The van der Waals surface area contributed by atoms with Crippen molar-refractivity contribution in [3.8, 4) is 0 Å². The van der Waals surface area contributed by atoms with Gasteiger partial charge in [0.2, 0.25) is 0 Å². The van der Waals surface area contributed by atoms with Gasteiger partial charge in [0, 0.05) is 26.9 Å². The lowest BCUT2D eigenvalue weighted by Crippen LogP contribution is -1.99. The first-order valence-corrected chi connectivity index (χ1v) is 6.51. The Morgan fingerprint density at radius 1 is 1.59 bits per heavy atom. The van der Waals surface area contributed by atoms with Gasteiger partial charge in [-0.2, -0.15) is 0 Å². The highest BCUT2D eigenvalue weighted by Crippen LogP contribution is 2.27. The maximum atomic E-state index is 10.8. The van der Waals surface area contributed by atoms with Gasteiger partial charge in [-0.3, -0.25) is 0 Å². The Bertz CT molecular complexity index is 446. The molecular formula is C12H14ClNO2S. The van der Waals surface area contributed by atoms with Crippen molar-refractivity contribution in [1.82, 2.24) is 0 Å². The molecule has 0 radical (unpaired) electrons. The molecule has 1 aromatic carbocycles. The van der Waals surface area contributed by atoms with E-state index in [4.69, 9.17) is 22.4 Å². The van der Waals surface area contributed by atoms with Crippen LogP contribution in [-0.4, -0.2) is 16.8 Å². The van der Waals surface area contributed by atoms with Gasteiger partial charge < -0.3 is 10.8 Å². The van der Waals surface area contributed by atoms with Crippen LogP contribution in [-0.2, 0) is 4.79 Å². The third-order valence-electron chi connectivity index (χ3n) is 2.20. The molecule has 92 valence electrons. The van der Waals surface area contributed by atoms with Gasteiger partial charge in [-0.15, -0.1) is 11.8 Å². The predicted octanol–water partition coefficient (Wildman–Crippen LogP) is 3.44. The van der Waals surface area contributed by atoms with Crippen LogP contribution in [0.5, 0.6) is 0 Å². The largest absolute Gasteiger partial charge is 0.478 e. The Balaban J connectivity index is 2.65. The zero-order chi connectivity index (χ0) is 12.8. The van der Waals surface area contributed by atoms with Crippen LogP contribution < -0.4 is 5.73 Å². The van der Waals surface area contributed by atoms with E-state index in [0.717, 1.165) is 4.90 Å². The number of thioether (sulfide) groups is 1. The lowest BCUT2D eigenvalue weighted by atomic mass is 10.2. The number of carboxylic acids is 1. The van der Waals surface area contributed by atoms with E-state index in [9.17, 15) is 4.79 Å². The first-order chi connectivity index (χ1) is 8.04. The van der Waals surface area contributed by atoms with E-state index >= 15 is 0 Å². The molecule has 0 aliphatic heterocycles. The smallest absolute Gasteiger partial charge is 0.331 e. The average Bonchev–Trinajstić information content (AvgIpc) is 2.26. The Kier molecular flexibility index (Phi) is 5.38. The van der Waals surface area contributed by atoms with Crippen LogP contribution in [0.2, 0.25) is 5.02 Å². The topological polar surface area (TPSA) is 63.3 Å². The molecule has 3 N–H and O–H groups in total. The highest BCUT2D eigenvalue weighted by molar-refractivity contribution is 7.99. The number of hydrogen-bond donors (Lipinski definition) is 2. The van der Waals surface area contributed by atoms with Crippen LogP contribution in [0.4, 0.5) is 5.69 Å². The fraction of sp³-hybridized carbons (Fsp3) is 0.250. The number of hydrogen-bond acceptors (Lipinski definition) is 3. The predicted molar refractivity (Wildman–Crippen MR) is 72.6 cm³/mol. The number of nitrogen functional groups attached to an aromatic ring is 1. The van der Waals surface area contributed by atoms with Crippen LogP contribution in [0, 0.1) is 0 Å². The Morgan fingerprint density at radius 2 is 2.29 bits per heavy atom. The summed E-state index contributed by atoms with van der Waals surface area (Å²) in [5.41, 5.74) is 6.82. The molecule has 0 fully saturated rings. The summed E-state index contributed by atoms with van der Waals surface area (Å²) in [5.74, 6) is -0.279. The average molecular weight is 272 g/mol. The summed E-state index contributed by atoms with van der Waals surface area (Å²) < 4.78 is 0.